The Morgan fingerprint density at radius 2 is 1.92 bits per heavy atom. The molecule has 1 saturated heterocycles. The van der Waals surface area contributed by atoms with Gasteiger partial charge in [-0.3, -0.25) is 0 Å². The summed E-state index contributed by atoms with van der Waals surface area (Å²) < 4.78 is 24.7. The summed E-state index contributed by atoms with van der Waals surface area (Å²) in [4.78, 5) is 16.1. The van der Waals surface area contributed by atoms with E-state index in [-0.39, 0.29) is 5.82 Å². The standard InChI is InChI=1S/C18H18FN5O2/c1-18(20)8-25-17(26-9-18)16-23-14(11-2-4-12(19)5-3-11)15(24-16)13-6-7-21-10-22-13/h2-7,10,17H,8-9,20H2,1H3,(H,23,24). The zero-order valence-electron chi connectivity index (χ0n) is 14.1. The predicted molar refractivity (Wildman–Crippen MR) is 92.2 cm³/mol. The van der Waals surface area contributed by atoms with Crippen LogP contribution in [0.5, 0.6) is 0 Å². The van der Waals surface area contributed by atoms with E-state index < -0.39 is 11.8 Å². The van der Waals surface area contributed by atoms with E-state index in [1.807, 2.05) is 6.92 Å². The maximum Gasteiger partial charge on any atom is 0.217 e. The van der Waals surface area contributed by atoms with E-state index >= 15 is 0 Å². The Bertz CT molecular complexity index is 886. The highest BCUT2D eigenvalue weighted by atomic mass is 19.1. The first-order valence-corrected chi connectivity index (χ1v) is 8.16. The molecule has 2 aromatic heterocycles. The topological polar surface area (TPSA) is 98.9 Å². The Morgan fingerprint density at radius 3 is 2.58 bits per heavy atom. The first kappa shape index (κ1) is 16.8. The van der Waals surface area contributed by atoms with Gasteiger partial charge in [0.1, 0.15) is 12.1 Å². The van der Waals surface area contributed by atoms with Gasteiger partial charge in [0.2, 0.25) is 6.29 Å². The normalized spacial score (nSPS) is 23.1. The predicted octanol–water partition coefficient (Wildman–Crippen LogP) is 2.44. The fourth-order valence-corrected chi connectivity index (χ4v) is 2.72. The average molecular weight is 355 g/mol. The van der Waals surface area contributed by atoms with Crippen LogP contribution < -0.4 is 5.73 Å². The van der Waals surface area contributed by atoms with E-state index in [9.17, 15) is 4.39 Å². The number of benzene rings is 1. The van der Waals surface area contributed by atoms with Gasteiger partial charge in [-0.2, -0.15) is 0 Å². The Hall–Kier alpha value is -2.68. The molecule has 1 aliphatic heterocycles. The van der Waals surface area contributed by atoms with Gasteiger partial charge in [0, 0.05) is 11.8 Å². The summed E-state index contributed by atoms with van der Waals surface area (Å²) in [7, 11) is 0. The fraction of sp³-hybridized carbons (Fsp3) is 0.278. The van der Waals surface area contributed by atoms with Crippen molar-refractivity contribution < 1.29 is 13.9 Å². The smallest absolute Gasteiger partial charge is 0.217 e. The lowest BCUT2D eigenvalue weighted by atomic mass is 10.1. The number of halogens is 1. The van der Waals surface area contributed by atoms with Gasteiger partial charge in [-0.1, -0.05) is 0 Å². The molecule has 134 valence electrons. The maximum absolute atomic E-state index is 13.3. The van der Waals surface area contributed by atoms with Crippen LogP contribution >= 0.6 is 0 Å². The van der Waals surface area contributed by atoms with Gasteiger partial charge in [0.05, 0.1) is 35.8 Å². The van der Waals surface area contributed by atoms with Crippen LogP contribution in [0.4, 0.5) is 4.39 Å². The SMILES string of the molecule is CC1(N)COC(c2nc(-c3ccc(F)cc3)c(-c3ccncn3)[nH]2)OC1. The number of H-pyrrole nitrogens is 1. The van der Waals surface area contributed by atoms with E-state index in [4.69, 9.17) is 15.2 Å². The molecule has 1 fully saturated rings. The summed E-state index contributed by atoms with van der Waals surface area (Å²) in [5, 5.41) is 0. The summed E-state index contributed by atoms with van der Waals surface area (Å²) in [5.74, 6) is 0.197. The second kappa shape index (κ2) is 6.56. The first-order valence-electron chi connectivity index (χ1n) is 8.16. The van der Waals surface area contributed by atoms with E-state index in [0.717, 1.165) is 5.56 Å². The number of aromatic amines is 1. The van der Waals surface area contributed by atoms with Crippen LogP contribution in [-0.2, 0) is 9.47 Å². The lowest BCUT2D eigenvalue weighted by Gasteiger charge is -2.33. The molecule has 4 rings (SSSR count). The van der Waals surface area contributed by atoms with Gasteiger partial charge in [0.25, 0.3) is 0 Å². The van der Waals surface area contributed by atoms with Gasteiger partial charge in [-0.15, -0.1) is 0 Å². The second-order valence-electron chi connectivity index (χ2n) is 6.56. The molecule has 0 unspecified atom stereocenters. The molecule has 0 bridgehead atoms. The van der Waals surface area contributed by atoms with Crippen molar-refractivity contribution in [2.45, 2.75) is 18.8 Å². The minimum absolute atomic E-state index is 0.311. The molecule has 0 radical (unpaired) electrons. The summed E-state index contributed by atoms with van der Waals surface area (Å²) in [6, 6.07) is 7.88. The van der Waals surface area contributed by atoms with Crippen LogP contribution in [0.2, 0.25) is 0 Å². The van der Waals surface area contributed by atoms with Gasteiger partial charge in [0.15, 0.2) is 5.82 Å². The maximum atomic E-state index is 13.3. The van der Waals surface area contributed by atoms with Gasteiger partial charge >= 0.3 is 0 Å². The van der Waals surface area contributed by atoms with E-state index in [0.29, 0.717) is 36.1 Å². The van der Waals surface area contributed by atoms with Gasteiger partial charge in [-0.05, 0) is 37.3 Å². The number of aromatic nitrogens is 4. The zero-order valence-corrected chi connectivity index (χ0v) is 14.1. The number of imidazole rings is 1. The van der Waals surface area contributed by atoms with Crippen LogP contribution in [0.1, 0.15) is 19.0 Å². The number of nitrogens with two attached hydrogens (primary N) is 1. The monoisotopic (exact) mass is 355 g/mol. The lowest BCUT2D eigenvalue weighted by molar-refractivity contribution is -0.211. The largest absolute Gasteiger partial charge is 0.344 e. The number of ether oxygens (including phenoxy) is 2. The molecule has 0 atom stereocenters. The molecule has 8 heteroatoms. The Morgan fingerprint density at radius 1 is 1.19 bits per heavy atom. The van der Waals surface area contributed by atoms with E-state index in [1.165, 1.54) is 18.5 Å². The van der Waals surface area contributed by atoms with Gasteiger partial charge in [-0.25, -0.2) is 19.3 Å². The summed E-state index contributed by atoms with van der Waals surface area (Å²) in [6.07, 6.45) is 2.45. The van der Waals surface area contributed by atoms with E-state index in [2.05, 4.69) is 19.9 Å². The molecular weight excluding hydrogens is 337 g/mol. The number of nitrogens with one attached hydrogen (secondary N) is 1. The molecule has 0 saturated carbocycles. The number of hydrogen-bond acceptors (Lipinski definition) is 6. The molecule has 3 heterocycles. The van der Waals surface area contributed by atoms with Crippen molar-refractivity contribution in [3.63, 3.8) is 0 Å². The zero-order chi connectivity index (χ0) is 18.1. The number of hydrogen-bond donors (Lipinski definition) is 2. The minimum Gasteiger partial charge on any atom is -0.344 e. The quantitative estimate of drug-likeness (QED) is 0.749. The van der Waals surface area contributed by atoms with Crippen molar-refractivity contribution in [1.82, 2.24) is 19.9 Å². The fourth-order valence-electron chi connectivity index (χ4n) is 2.72. The Labute approximate surface area is 149 Å². The van der Waals surface area contributed by atoms with Crippen LogP contribution in [-0.4, -0.2) is 38.7 Å². The third kappa shape index (κ3) is 3.34. The molecule has 0 aliphatic carbocycles. The van der Waals surface area contributed by atoms with Crippen LogP contribution in [0, 0.1) is 5.82 Å². The van der Waals surface area contributed by atoms with Crippen molar-refractivity contribution >= 4 is 0 Å². The Kier molecular flexibility index (Phi) is 4.23. The van der Waals surface area contributed by atoms with Crippen molar-refractivity contribution in [3.8, 4) is 22.6 Å². The van der Waals surface area contributed by atoms with E-state index in [1.54, 1.807) is 24.4 Å². The molecular formula is C18H18FN5O2. The molecule has 0 amide bonds. The summed E-state index contributed by atoms with van der Waals surface area (Å²) in [5.41, 5.74) is 8.22. The highest BCUT2D eigenvalue weighted by Gasteiger charge is 2.32. The van der Waals surface area contributed by atoms with Crippen molar-refractivity contribution in [2.24, 2.45) is 5.73 Å². The lowest BCUT2D eigenvalue weighted by Crippen LogP contribution is -2.50. The van der Waals surface area contributed by atoms with Gasteiger partial charge < -0.3 is 20.2 Å². The van der Waals surface area contributed by atoms with Crippen molar-refractivity contribution in [1.29, 1.82) is 0 Å². The summed E-state index contributed by atoms with van der Waals surface area (Å²) >= 11 is 0. The number of rotatable bonds is 3. The third-order valence-electron chi connectivity index (χ3n) is 4.03. The average Bonchev–Trinajstić information content (AvgIpc) is 3.08. The molecule has 1 aliphatic rings. The molecule has 7 nitrogen and oxygen atoms in total. The second-order valence-corrected chi connectivity index (χ2v) is 6.56. The minimum atomic E-state index is -0.651. The Balaban J connectivity index is 1.74. The van der Waals surface area contributed by atoms with Crippen LogP contribution in [0.3, 0.4) is 0 Å². The van der Waals surface area contributed by atoms with Crippen molar-refractivity contribution in [2.75, 3.05) is 13.2 Å². The molecule has 26 heavy (non-hydrogen) atoms. The molecule has 3 N–H and O–H groups in total. The van der Waals surface area contributed by atoms with Crippen molar-refractivity contribution in [3.05, 3.63) is 54.5 Å². The molecule has 3 aromatic rings. The summed E-state index contributed by atoms with van der Waals surface area (Å²) in [6.45, 7) is 2.57. The van der Waals surface area contributed by atoms with Crippen LogP contribution in [0.15, 0.2) is 42.9 Å². The molecule has 1 aromatic carbocycles. The first-order chi connectivity index (χ1) is 12.5. The third-order valence-corrected chi connectivity index (χ3v) is 4.03. The van der Waals surface area contributed by atoms with Crippen LogP contribution in [0.25, 0.3) is 22.6 Å². The highest BCUT2D eigenvalue weighted by Crippen LogP contribution is 2.33. The molecule has 0 spiro atoms. The number of nitrogens with zero attached hydrogens (tertiary/aromatic N) is 3. The highest BCUT2D eigenvalue weighted by molar-refractivity contribution is 5.76.